The predicted molar refractivity (Wildman–Crippen MR) is 107 cm³/mol. The summed E-state index contributed by atoms with van der Waals surface area (Å²) in [6.45, 7) is 5.84. The highest BCUT2D eigenvalue weighted by Gasteiger charge is 2.21. The molecule has 5 nitrogen and oxygen atoms in total. The van der Waals surface area contributed by atoms with Gasteiger partial charge < -0.3 is 9.72 Å². The first-order valence-corrected chi connectivity index (χ1v) is 10.2. The topological polar surface area (TPSA) is 72.0 Å². The molecule has 0 spiro atoms. The monoisotopic (exact) mass is 388 g/mol. The Morgan fingerprint density at radius 2 is 2.08 bits per heavy atom. The van der Waals surface area contributed by atoms with E-state index in [0.29, 0.717) is 33.1 Å². The fourth-order valence-corrected chi connectivity index (χ4v) is 4.61. The summed E-state index contributed by atoms with van der Waals surface area (Å²) in [7, 11) is 0. The number of aromatic nitrogens is 2. The Morgan fingerprint density at radius 3 is 2.77 bits per heavy atom. The Labute approximate surface area is 159 Å². The van der Waals surface area contributed by atoms with Crippen molar-refractivity contribution < 1.29 is 9.53 Å². The maximum absolute atomic E-state index is 12.5. The molecular weight excluding hydrogens is 368 g/mol. The van der Waals surface area contributed by atoms with Crippen molar-refractivity contribution in [3.8, 4) is 0 Å². The molecule has 136 valence electrons. The number of nitrogens with zero attached hydrogens (tertiary/aromatic N) is 1. The van der Waals surface area contributed by atoms with E-state index in [1.165, 1.54) is 16.9 Å². The Kier molecular flexibility index (Phi) is 5.78. The third kappa shape index (κ3) is 3.83. The largest absolute Gasteiger partial charge is 0.462 e. The van der Waals surface area contributed by atoms with Crippen molar-refractivity contribution in [2.75, 3.05) is 6.61 Å². The van der Waals surface area contributed by atoms with Crippen LogP contribution in [0.5, 0.6) is 0 Å². The number of esters is 1. The van der Waals surface area contributed by atoms with Crippen molar-refractivity contribution in [3.05, 3.63) is 62.5 Å². The summed E-state index contributed by atoms with van der Waals surface area (Å²) in [5.41, 5.74) is 1.65. The fourth-order valence-electron chi connectivity index (χ4n) is 2.62. The second kappa shape index (κ2) is 8.05. The number of rotatable bonds is 6. The Bertz CT molecular complexity index is 980. The molecule has 0 bridgehead atoms. The third-order valence-corrected chi connectivity index (χ3v) is 6.40. The average Bonchev–Trinajstić information content (AvgIpc) is 2.98. The summed E-state index contributed by atoms with van der Waals surface area (Å²) in [6.07, 6.45) is 0. The minimum absolute atomic E-state index is 0.0285. The molecule has 1 atom stereocenters. The minimum atomic E-state index is -0.402. The second-order valence-electron chi connectivity index (χ2n) is 5.85. The lowest BCUT2D eigenvalue weighted by atomic mass is 10.2. The number of hydrogen-bond donors (Lipinski definition) is 1. The summed E-state index contributed by atoms with van der Waals surface area (Å²) in [6, 6.07) is 10.2. The van der Waals surface area contributed by atoms with E-state index in [9.17, 15) is 9.59 Å². The van der Waals surface area contributed by atoms with Crippen molar-refractivity contribution in [3.63, 3.8) is 0 Å². The quantitative estimate of drug-likeness (QED) is 0.631. The van der Waals surface area contributed by atoms with Crippen molar-refractivity contribution in [1.82, 2.24) is 9.97 Å². The van der Waals surface area contributed by atoms with Gasteiger partial charge in [0.25, 0.3) is 5.56 Å². The zero-order chi connectivity index (χ0) is 18.7. The second-order valence-corrected chi connectivity index (χ2v) is 8.17. The summed E-state index contributed by atoms with van der Waals surface area (Å²) >= 11 is 2.92. The molecule has 26 heavy (non-hydrogen) atoms. The van der Waals surface area contributed by atoms with Gasteiger partial charge in [-0.15, -0.1) is 23.1 Å². The van der Waals surface area contributed by atoms with Crippen LogP contribution in [-0.2, 0) is 10.5 Å². The third-order valence-electron chi connectivity index (χ3n) is 4.01. The highest BCUT2D eigenvalue weighted by Crippen LogP contribution is 2.32. The fraction of sp³-hybridized carbons (Fsp3) is 0.316. The molecule has 0 saturated carbocycles. The molecule has 0 fully saturated rings. The average molecular weight is 389 g/mol. The van der Waals surface area contributed by atoms with Crippen LogP contribution in [0.15, 0.2) is 35.1 Å². The van der Waals surface area contributed by atoms with Crippen LogP contribution in [0.1, 0.15) is 45.7 Å². The minimum Gasteiger partial charge on any atom is -0.462 e. The Balaban J connectivity index is 1.88. The molecule has 2 heterocycles. The molecule has 2 aromatic heterocycles. The first kappa shape index (κ1) is 18.7. The predicted octanol–water partition coefficient (Wildman–Crippen LogP) is 4.46. The molecule has 7 heteroatoms. The number of carbonyl (C=O) groups excluding carboxylic acids is 1. The number of nitrogens with one attached hydrogen (secondary N) is 1. The SMILES string of the molecule is CCOC(=O)c1sc2nc([C@@H](C)SCc3ccccc3)[nH]c(=O)c2c1C. The van der Waals surface area contributed by atoms with E-state index < -0.39 is 5.97 Å². The number of carbonyl (C=O) groups is 1. The van der Waals surface area contributed by atoms with Crippen LogP contribution in [0.3, 0.4) is 0 Å². The van der Waals surface area contributed by atoms with Crippen LogP contribution < -0.4 is 5.56 Å². The van der Waals surface area contributed by atoms with Gasteiger partial charge in [0.2, 0.25) is 0 Å². The van der Waals surface area contributed by atoms with Crippen molar-refractivity contribution in [2.24, 2.45) is 0 Å². The standard InChI is InChI=1S/C19H20N2O3S2/c1-4-24-19(23)15-11(2)14-17(22)20-16(21-18(14)26-15)12(3)25-10-13-8-6-5-7-9-13/h5-9,12H,4,10H2,1-3H3,(H,20,21,22)/t12-/m1/s1. The van der Waals surface area contributed by atoms with Gasteiger partial charge in [-0.05, 0) is 31.9 Å². The van der Waals surface area contributed by atoms with E-state index in [-0.39, 0.29) is 10.8 Å². The lowest BCUT2D eigenvalue weighted by Crippen LogP contribution is -2.13. The Hall–Kier alpha value is -2.12. The number of thioether (sulfide) groups is 1. The molecule has 3 aromatic rings. The number of hydrogen-bond acceptors (Lipinski definition) is 6. The molecular formula is C19H20N2O3S2. The van der Waals surface area contributed by atoms with E-state index in [0.717, 1.165) is 5.75 Å². The van der Waals surface area contributed by atoms with Gasteiger partial charge in [-0.1, -0.05) is 30.3 Å². The molecule has 3 rings (SSSR count). The maximum atomic E-state index is 12.5. The van der Waals surface area contributed by atoms with E-state index in [4.69, 9.17) is 4.74 Å². The van der Waals surface area contributed by atoms with Crippen LogP contribution in [-0.4, -0.2) is 22.5 Å². The molecule has 1 aromatic carbocycles. The van der Waals surface area contributed by atoms with Gasteiger partial charge in [0.05, 0.1) is 17.2 Å². The van der Waals surface area contributed by atoms with Crippen molar-refractivity contribution in [1.29, 1.82) is 0 Å². The molecule has 0 aliphatic rings. The number of aryl methyl sites for hydroxylation is 1. The number of thiophene rings is 1. The summed E-state index contributed by atoms with van der Waals surface area (Å²) in [5, 5.41) is 0.503. The Morgan fingerprint density at radius 1 is 1.35 bits per heavy atom. The summed E-state index contributed by atoms with van der Waals surface area (Å²) in [4.78, 5) is 33.1. The van der Waals surface area contributed by atoms with Crippen LogP contribution in [0.2, 0.25) is 0 Å². The van der Waals surface area contributed by atoms with Gasteiger partial charge in [-0.2, -0.15) is 0 Å². The number of fused-ring (bicyclic) bond motifs is 1. The number of ether oxygens (including phenoxy) is 1. The highest BCUT2D eigenvalue weighted by atomic mass is 32.2. The zero-order valence-corrected chi connectivity index (χ0v) is 16.5. The number of aromatic amines is 1. The van der Waals surface area contributed by atoms with Gasteiger partial charge in [-0.25, -0.2) is 9.78 Å². The van der Waals surface area contributed by atoms with Gasteiger partial charge in [0, 0.05) is 5.75 Å². The first-order chi connectivity index (χ1) is 12.5. The van der Waals surface area contributed by atoms with Crippen LogP contribution >= 0.6 is 23.1 Å². The summed E-state index contributed by atoms with van der Waals surface area (Å²) < 4.78 is 5.07. The molecule has 0 amide bonds. The summed E-state index contributed by atoms with van der Waals surface area (Å²) in [5.74, 6) is 1.06. The molecule has 0 aliphatic carbocycles. The first-order valence-electron chi connectivity index (χ1n) is 8.37. The number of benzene rings is 1. The van der Waals surface area contributed by atoms with Gasteiger partial charge in [0.15, 0.2) is 0 Å². The van der Waals surface area contributed by atoms with Crippen molar-refractivity contribution in [2.45, 2.75) is 31.8 Å². The van der Waals surface area contributed by atoms with E-state index in [1.807, 2.05) is 25.1 Å². The lowest BCUT2D eigenvalue weighted by Gasteiger charge is -2.10. The molecule has 0 saturated heterocycles. The van der Waals surface area contributed by atoms with Crippen LogP contribution in [0, 0.1) is 6.92 Å². The van der Waals surface area contributed by atoms with E-state index >= 15 is 0 Å². The normalized spacial score (nSPS) is 12.3. The maximum Gasteiger partial charge on any atom is 0.348 e. The van der Waals surface area contributed by atoms with Gasteiger partial charge in [0.1, 0.15) is 15.5 Å². The van der Waals surface area contributed by atoms with Gasteiger partial charge >= 0.3 is 5.97 Å². The van der Waals surface area contributed by atoms with E-state index in [2.05, 4.69) is 22.1 Å². The number of H-pyrrole nitrogens is 1. The van der Waals surface area contributed by atoms with Crippen LogP contribution in [0.4, 0.5) is 0 Å². The van der Waals surface area contributed by atoms with Crippen molar-refractivity contribution >= 4 is 39.3 Å². The molecule has 0 radical (unpaired) electrons. The molecule has 0 unspecified atom stereocenters. The smallest absolute Gasteiger partial charge is 0.348 e. The molecule has 1 N–H and O–H groups in total. The highest BCUT2D eigenvalue weighted by molar-refractivity contribution is 7.98. The van der Waals surface area contributed by atoms with Crippen LogP contribution in [0.25, 0.3) is 10.2 Å². The zero-order valence-electron chi connectivity index (χ0n) is 14.9. The lowest BCUT2D eigenvalue weighted by molar-refractivity contribution is 0.0531. The molecule has 0 aliphatic heterocycles. The van der Waals surface area contributed by atoms with Gasteiger partial charge in [-0.3, -0.25) is 4.79 Å². The van der Waals surface area contributed by atoms with E-state index in [1.54, 1.807) is 25.6 Å².